The van der Waals surface area contributed by atoms with Crippen molar-refractivity contribution >= 4 is 33.6 Å². The SMILES string of the molecule is O=C(NNC1=CC(=O)OC1)Nc1ccc(Br)cc1. The molecule has 0 atom stereocenters. The molecular formula is C11H10BrN3O3. The number of anilines is 1. The van der Waals surface area contributed by atoms with Gasteiger partial charge < -0.3 is 10.1 Å². The molecule has 0 aromatic heterocycles. The van der Waals surface area contributed by atoms with Crippen molar-refractivity contribution in [2.75, 3.05) is 11.9 Å². The molecular weight excluding hydrogens is 302 g/mol. The van der Waals surface area contributed by atoms with Crippen LogP contribution in [-0.4, -0.2) is 18.6 Å². The number of carbonyl (C=O) groups excluding carboxylic acids is 2. The van der Waals surface area contributed by atoms with E-state index in [0.29, 0.717) is 11.4 Å². The summed E-state index contributed by atoms with van der Waals surface area (Å²) in [5, 5.41) is 2.62. The number of esters is 1. The van der Waals surface area contributed by atoms with E-state index >= 15 is 0 Å². The van der Waals surface area contributed by atoms with E-state index in [4.69, 9.17) is 0 Å². The average Bonchev–Trinajstić information content (AvgIpc) is 2.76. The Balaban J connectivity index is 1.80. The minimum atomic E-state index is -0.433. The first-order valence-corrected chi connectivity index (χ1v) is 5.89. The minimum absolute atomic E-state index is 0.136. The average molecular weight is 312 g/mol. The Labute approximate surface area is 111 Å². The van der Waals surface area contributed by atoms with E-state index in [1.807, 2.05) is 12.1 Å². The van der Waals surface area contributed by atoms with Crippen LogP contribution < -0.4 is 16.2 Å². The van der Waals surface area contributed by atoms with E-state index in [1.165, 1.54) is 6.08 Å². The van der Waals surface area contributed by atoms with Gasteiger partial charge in [-0.2, -0.15) is 0 Å². The van der Waals surface area contributed by atoms with Crippen molar-refractivity contribution in [2.24, 2.45) is 0 Å². The predicted octanol–water partition coefficient (Wildman–Crippen LogP) is 1.52. The maximum absolute atomic E-state index is 11.5. The number of amides is 2. The Bertz CT molecular complexity index is 499. The first-order valence-electron chi connectivity index (χ1n) is 5.09. The number of cyclic esters (lactones) is 1. The lowest BCUT2D eigenvalue weighted by Crippen LogP contribution is -2.40. The molecule has 2 rings (SSSR count). The first kappa shape index (κ1) is 12.4. The molecule has 1 aliphatic rings. The largest absolute Gasteiger partial charge is 0.456 e. The third kappa shape index (κ3) is 3.49. The molecule has 0 radical (unpaired) electrons. The van der Waals surface area contributed by atoms with Gasteiger partial charge in [0.1, 0.15) is 6.61 Å². The number of hydrogen-bond acceptors (Lipinski definition) is 4. The fourth-order valence-corrected chi connectivity index (χ4v) is 1.54. The van der Waals surface area contributed by atoms with E-state index in [1.54, 1.807) is 12.1 Å². The summed E-state index contributed by atoms with van der Waals surface area (Å²) in [6, 6.07) is 6.71. The normalized spacial score (nSPS) is 13.6. The molecule has 0 fully saturated rings. The monoisotopic (exact) mass is 311 g/mol. The van der Waals surface area contributed by atoms with E-state index in [-0.39, 0.29) is 6.61 Å². The van der Waals surface area contributed by atoms with Crippen molar-refractivity contribution in [2.45, 2.75) is 0 Å². The smallest absolute Gasteiger partial charge is 0.337 e. The van der Waals surface area contributed by atoms with Crippen LogP contribution in [0.1, 0.15) is 0 Å². The molecule has 0 saturated heterocycles. The molecule has 0 unspecified atom stereocenters. The number of rotatable bonds is 3. The van der Waals surface area contributed by atoms with Gasteiger partial charge in [0.25, 0.3) is 0 Å². The van der Waals surface area contributed by atoms with Crippen LogP contribution >= 0.6 is 15.9 Å². The van der Waals surface area contributed by atoms with Crippen LogP contribution in [0.4, 0.5) is 10.5 Å². The molecule has 1 aliphatic heterocycles. The van der Waals surface area contributed by atoms with Gasteiger partial charge in [-0.05, 0) is 24.3 Å². The molecule has 1 heterocycles. The Hall–Kier alpha value is -2.02. The van der Waals surface area contributed by atoms with Gasteiger partial charge in [-0.1, -0.05) is 15.9 Å². The van der Waals surface area contributed by atoms with Gasteiger partial charge in [0.2, 0.25) is 0 Å². The minimum Gasteiger partial charge on any atom is -0.456 e. The van der Waals surface area contributed by atoms with Crippen molar-refractivity contribution in [3.63, 3.8) is 0 Å². The third-order valence-corrected chi connectivity index (χ3v) is 2.63. The lowest BCUT2D eigenvalue weighted by Gasteiger charge is -2.09. The highest BCUT2D eigenvalue weighted by Gasteiger charge is 2.12. The van der Waals surface area contributed by atoms with E-state index < -0.39 is 12.0 Å². The van der Waals surface area contributed by atoms with Crippen LogP contribution in [0.3, 0.4) is 0 Å². The van der Waals surface area contributed by atoms with Crippen LogP contribution in [0.2, 0.25) is 0 Å². The number of urea groups is 1. The molecule has 0 spiro atoms. The van der Waals surface area contributed by atoms with Crippen molar-refractivity contribution in [3.8, 4) is 0 Å². The second kappa shape index (κ2) is 5.54. The van der Waals surface area contributed by atoms with Gasteiger partial charge in [-0.25, -0.2) is 9.59 Å². The van der Waals surface area contributed by atoms with E-state index in [9.17, 15) is 9.59 Å². The second-order valence-electron chi connectivity index (χ2n) is 3.49. The first-order chi connectivity index (χ1) is 8.63. The van der Waals surface area contributed by atoms with Crippen molar-refractivity contribution in [1.82, 2.24) is 10.9 Å². The predicted molar refractivity (Wildman–Crippen MR) is 68.5 cm³/mol. The van der Waals surface area contributed by atoms with Gasteiger partial charge in [0, 0.05) is 16.2 Å². The molecule has 3 N–H and O–H groups in total. The Morgan fingerprint density at radius 2 is 2.00 bits per heavy atom. The number of hydrogen-bond donors (Lipinski definition) is 3. The van der Waals surface area contributed by atoms with E-state index in [0.717, 1.165) is 4.47 Å². The molecule has 0 bridgehead atoms. The molecule has 94 valence electrons. The third-order valence-electron chi connectivity index (χ3n) is 2.10. The molecule has 7 heteroatoms. The number of hydrazine groups is 1. The van der Waals surface area contributed by atoms with E-state index in [2.05, 4.69) is 36.8 Å². The maximum atomic E-state index is 11.5. The quantitative estimate of drug-likeness (QED) is 0.584. The van der Waals surface area contributed by atoms with Gasteiger partial charge in [-0.15, -0.1) is 0 Å². The Morgan fingerprint density at radius 1 is 1.28 bits per heavy atom. The zero-order valence-corrected chi connectivity index (χ0v) is 10.8. The van der Waals surface area contributed by atoms with Crippen molar-refractivity contribution < 1.29 is 14.3 Å². The highest BCUT2D eigenvalue weighted by Crippen LogP contribution is 2.13. The zero-order chi connectivity index (χ0) is 13.0. The molecule has 18 heavy (non-hydrogen) atoms. The zero-order valence-electron chi connectivity index (χ0n) is 9.20. The number of nitrogens with one attached hydrogen (secondary N) is 3. The maximum Gasteiger partial charge on any atom is 0.337 e. The summed E-state index contributed by atoms with van der Waals surface area (Å²) in [5.41, 5.74) is 6.15. The second-order valence-corrected chi connectivity index (χ2v) is 4.40. The van der Waals surface area contributed by atoms with Crippen LogP contribution in [0, 0.1) is 0 Å². The fourth-order valence-electron chi connectivity index (χ4n) is 1.28. The summed E-state index contributed by atoms with van der Waals surface area (Å²) < 4.78 is 5.59. The number of halogens is 1. The number of ether oxygens (including phenoxy) is 1. The summed E-state index contributed by atoms with van der Waals surface area (Å²) >= 11 is 3.30. The number of carbonyl (C=O) groups is 2. The molecule has 0 saturated carbocycles. The Morgan fingerprint density at radius 3 is 2.61 bits per heavy atom. The standard InChI is InChI=1S/C11H10BrN3O3/c12-7-1-3-8(4-2-7)13-11(17)15-14-9-5-10(16)18-6-9/h1-5,14H,6H2,(H2,13,15,17). The topological polar surface area (TPSA) is 79.5 Å². The molecule has 1 aromatic rings. The van der Waals surface area contributed by atoms with Crippen LogP contribution in [0.25, 0.3) is 0 Å². The molecule has 1 aromatic carbocycles. The molecule has 6 nitrogen and oxygen atoms in total. The molecule has 2 amide bonds. The highest BCUT2D eigenvalue weighted by atomic mass is 79.9. The summed E-state index contributed by atoms with van der Waals surface area (Å²) in [6.45, 7) is 0.136. The van der Waals surface area contributed by atoms with Gasteiger partial charge in [0.05, 0.1) is 5.70 Å². The summed E-state index contributed by atoms with van der Waals surface area (Å²) in [7, 11) is 0. The highest BCUT2D eigenvalue weighted by molar-refractivity contribution is 9.10. The van der Waals surface area contributed by atoms with Gasteiger partial charge >= 0.3 is 12.0 Å². The van der Waals surface area contributed by atoms with Gasteiger partial charge in [-0.3, -0.25) is 10.9 Å². The van der Waals surface area contributed by atoms with Crippen LogP contribution in [0.15, 0.2) is 40.5 Å². The van der Waals surface area contributed by atoms with Crippen LogP contribution in [0.5, 0.6) is 0 Å². The molecule has 0 aliphatic carbocycles. The summed E-state index contributed by atoms with van der Waals surface area (Å²) in [4.78, 5) is 22.2. The summed E-state index contributed by atoms with van der Waals surface area (Å²) in [5.74, 6) is -0.424. The van der Waals surface area contributed by atoms with Crippen molar-refractivity contribution in [3.05, 3.63) is 40.5 Å². The lowest BCUT2D eigenvalue weighted by molar-refractivity contribution is -0.134. The van der Waals surface area contributed by atoms with Gasteiger partial charge in [0.15, 0.2) is 0 Å². The van der Waals surface area contributed by atoms with Crippen LogP contribution in [-0.2, 0) is 9.53 Å². The fraction of sp³-hybridized carbons (Fsp3) is 0.0909. The Kier molecular flexibility index (Phi) is 3.83. The lowest BCUT2D eigenvalue weighted by atomic mass is 10.3. The number of benzene rings is 1. The summed E-state index contributed by atoms with van der Waals surface area (Å²) in [6.07, 6.45) is 1.28. The van der Waals surface area contributed by atoms with Crippen molar-refractivity contribution in [1.29, 1.82) is 0 Å².